The highest BCUT2D eigenvalue weighted by Crippen LogP contribution is 2.20. The highest BCUT2D eigenvalue weighted by atomic mass is 127. The van der Waals surface area contributed by atoms with Crippen LogP contribution in [-0.4, -0.2) is 57.6 Å². The van der Waals surface area contributed by atoms with Crippen LogP contribution >= 0.6 is 24.0 Å². The molecule has 7 heteroatoms. The first-order chi connectivity index (χ1) is 12.9. The van der Waals surface area contributed by atoms with Crippen LogP contribution in [0.4, 0.5) is 4.39 Å². The van der Waals surface area contributed by atoms with E-state index in [0.717, 1.165) is 17.3 Å². The first kappa shape index (κ1) is 24.2. The fourth-order valence-corrected chi connectivity index (χ4v) is 2.94. The molecular weight excluding hydrogens is 470 g/mol. The van der Waals surface area contributed by atoms with Crippen molar-refractivity contribution in [1.29, 1.82) is 0 Å². The van der Waals surface area contributed by atoms with Crippen molar-refractivity contribution in [2.45, 2.75) is 12.6 Å². The van der Waals surface area contributed by atoms with Crippen LogP contribution in [0.3, 0.4) is 0 Å². The van der Waals surface area contributed by atoms with Crippen molar-refractivity contribution in [2.24, 2.45) is 4.99 Å². The van der Waals surface area contributed by atoms with Gasteiger partial charge >= 0.3 is 0 Å². The number of aliphatic imine (C=N–C) groups is 1. The average Bonchev–Trinajstić information content (AvgIpc) is 2.67. The number of likely N-dealkylation sites (N-methyl/N-ethyl adjacent to an activating group) is 1. The summed E-state index contributed by atoms with van der Waals surface area (Å²) >= 11 is 0. The van der Waals surface area contributed by atoms with Crippen molar-refractivity contribution < 1.29 is 9.13 Å². The minimum absolute atomic E-state index is 0. The first-order valence-electron chi connectivity index (χ1n) is 8.91. The molecule has 0 aliphatic heterocycles. The van der Waals surface area contributed by atoms with Crippen molar-refractivity contribution >= 4 is 29.9 Å². The van der Waals surface area contributed by atoms with Gasteiger partial charge in [0.15, 0.2) is 5.96 Å². The summed E-state index contributed by atoms with van der Waals surface area (Å²) in [5.74, 6) is 1.41. The zero-order valence-electron chi connectivity index (χ0n) is 17.1. The molecule has 0 bridgehead atoms. The molecule has 0 aliphatic carbocycles. The predicted molar refractivity (Wildman–Crippen MR) is 124 cm³/mol. The second kappa shape index (κ2) is 11.9. The third-order valence-electron chi connectivity index (χ3n) is 4.48. The molecule has 2 aromatic rings. The van der Waals surface area contributed by atoms with Gasteiger partial charge in [0, 0.05) is 27.2 Å². The molecule has 154 valence electrons. The zero-order valence-corrected chi connectivity index (χ0v) is 19.5. The molecule has 0 amide bonds. The zero-order chi connectivity index (χ0) is 19.8. The number of rotatable bonds is 7. The van der Waals surface area contributed by atoms with Crippen LogP contribution in [0.2, 0.25) is 0 Å². The Balaban J connectivity index is 0.00000392. The molecule has 2 rings (SSSR count). The Bertz CT molecular complexity index is 735. The van der Waals surface area contributed by atoms with E-state index in [1.54, 1.807) is 26.3 Å². The van der Waals surface area contributed by atoms with Crippen molar-refractivity contribution in [1.82, 2.24) is 15.1 Å². The topological polar surface area (TPSA) is 40.1 Å². The molecule has 2 aromatic carbocycles. The molecule has 0 heterocycles. The molecule has 0 spiro atoms. The first-order valence-corrected chi connectivity index (χ1v) is 8.91. The van der Waals surface area contributed by atoms with E-state index >= 15 is 0 Å². The molecule has 1 N–H and O–H groups in total. The Kier molecular flexibility index (Phi) is 10.2. The van der Waals surface area contributed by atoms with Crippen molar-refractivity contribution in [3.63, 3.8) is 0 Å². The Morgan fingerprint density at radius 2 is 1.68 bits per heavy atom. The van der Waals surface area contributed by atoms with Crippen LogP contribution in [0, 0.1) is 5.82 Å². The van der Waals surface area contributed by atoms with Crippen molar-refractivity contribution in [3.05, 3.63) is 65.5 Å². The van der Waals surface area contributed by atoms with Gasteiger partial charge < -0.3 is 19.9 Å². The Morgan fingerprint density at radius 3 is 2.18 bits per heavy atom. The van der Waals surface area contributed by atoms with Crippen LogP contribution in [0.25, 0.3) is 0 Å². The van der Waals surface area contributed by atoms with Gasteiger partial charge in [-0.1, -0.05) is 24.3 Å². The number of ether oxygens (including phenoxy) is 1. The van der Waals surface area contributed by atoms with E-state index in [-0.39, 0.29) is 35.8 Å². The summed E-state index contributed by atoms with van der Waals surface area (Å²) in [5, 5.41) is 3.44. The van der Waals surface area contributed by atoms with Gasteiger partial charge in [0.05, 0.1) is 13.2 Å². The lowest BCUT2D eigenvalue weighted by Gasteiger charge is -2.28. The summed E-state index contributed by atoms with van der Waals surface area (Å²) in [6, 6.07) is 14.8. The number of hydrogen-bond donors (Lipinski definition) is 1. The summed E-state index contributed by atoms with van der Waals surface area (Å²) in [6.45, 7) is 1.36. The molecule has 0 aromatic heterocycles. The minimum Gasteiger partial charge on any atom is -0.497 e. The van der Waals surface area contributed by atoms with Crippen molar-refractivity contribution in [3.8, 4) is 5.75 Å². The summed E-state index contributed by atoms with van der Waals surface area (Å²) in [6.07, 6.45) is 0. The van der Waals surface area contributed by atoms with Crippen LogP contribution in [0.1, 0.15) is 17.2 Å². The van der Waals surface area contributed by atoms with E-state index in [9.17, 15) is 4.39 Å². The van der Waals surface area contributed by atoms with Gasteiger partial charge in [0.1, 0.15) is 11.6 Å². The quantitative estimate of drug-likeness (QED) is 0.357. The Labute approximate surface area is 184 Å². The number of nitrogens with zero attached hydrogens (tertiary/aromatic N) is 3. The normalized spacial score (nSPS) is 12.3. The SMILES string of the molecule is CN=C(NCC(c1ccc(OC)cc1)N(C)C)N(C)Cc1ccc(F)cc1.I. The van der Waals surface area contributed by atoms with Crippen molar-refractivity contribution in [2.75, 3.05) is 41.8 Å². The van der Waals surface area contributed by atoms with Gasteiger partial charge in [-0.2, -0.15) is 0 Å². The monoisotopic (exact) mass is 500 g/mol. The highest BCUT2D eigenvalue weighted by molar-refractivity contribution is 14.0. The molecule has 0 saturated carbocycles. The standard InChI is InChI=1S/C21H29FN4O.HI/c1-23-21(26(4)15-16-6-10-18(22)11-7-16)24-14-20(25(2)3)17-8-12-19(27-5)13-9-17;/h6-13,20H,14-15H2,1-5H3,(H,23,24);1H. The predicted octanol–water partition coefficient (Wildman–Crippen LogP) is 3.76. The molecule has 0 saturated heterocycles. The van der Waals surface area contributed by atoms with E-state index in [2.05, 4.69) is 41.4 Å². The largest absolute Gasteiger partial charge is 0.497 e. The second-order valence-electron chi connectivity index (χ2n) is 6.66. The third kappa shape index (κ3) is 6.94. The lowest BCUT2D eigenvalue weighted by Crippen LogP contribution is -2.42. The van der Waals surface area contributed by atoms with Gasteiger partial charge in [0.2, 0.25) is 0 Å². The Morgan fingerprint density at radius 1 is 1.07 bits per heavy atom. The van der Waals surface area contributed by atoms with Crippen LogP contribution in [-0.2, 0) is 6.54 Å². The third-order valence-corrected chi connectivity index (χ3v) is 4.48. The van der Waals surface area contributed by atoms with Gasteiger partial charge in [-0.15, -0.1) is 24.0 Å². The fourth-order valence-electron chi connectivity index (χ4n) is 2.94. The molecule has 1 unspecified atom stereocenters. The number of methoxy groups -OCH3 is 1. The van der Waals surface area contributed by atoms with E-state index in [1.807, 2.05) is 24.1 Å². The lowest BCUT2D eigenvalue weighted by atomic mass is 10.1. The lowest BCUT2D eigenvalue weighted by molar-refractivity contribution is 0.295. The maximum atomic E-state index is 13.1. The minimum atomic E-state index is -0.225. The second-order valence-corrected chi connectivity index (χ2v) is 6.66. The molecule has 0 radical (unpaired) electrons. The summed E-state index contributed by atoms with van der Waals surface area (Å²) in [4.78, 5) is 8.56. The molecular formula is C21H30FIN4O. The Hall–Kier alpha value is -1.87. The van der Waals surface area contributed by atoms with E-state index < -0.39 is 0 Å². The molecule has 0 fully saturated rings. The number of guanidine groups is 1. The van der Waals surface area contributed by atoms with E-state index in [4.69, 9.17) is 4.74 Å². The fraction of sp³-hybridized carbons (Fsp3) is 0.381. The smallest absolute Gasteiger partial charge is 0.193 e. The maximum Gasteiger partial charge on any atom is 0.193 e. The maximum absolute atomic E-state index is 13.1. The van der Waals surface area contributed by atoms with Gasteiger partial charge in [-0.3, -0.25) is 4.99 Å². The number of hydrogen-bond acceptors (Lipinski definition) is 3. The van der Waals surface area contributed by atoms with Crippen LogP contribution in [0.15, 0.2) is 53.5 Å². The summed E-state index contributed by atoms with van der Waals surface area (Å²) in [5.41, 5.74) is 2.23. The van der Waals surface area contributed by atoms with Crippen LogP contribution < -0.4 is 10.1 Å². The molecule has 5 nitrogen and oxygen atoms in total. The van der Waals surface area contributed by atoms with Gasteiger partial charge in [0.25, 0.3) is 0 Å². The highest BCUT2D eigenvalue weighted by Gasteiger charge is 2.16. The van der Waals surface area contributed by atoms with E-state index in [0.29, 0.717) is 13.1 Å². The van der Waals surface area contributed by atoms with Crippen LogP contribution in [0.5, 0.6) is 5.75 Å². The molecule has 28 heavy (non-hydrogen) atoms. The summed E-state index contributed by atoms with van der Waals surface area (Å²) < 4.78 is 18.3. The molecule has 1 atom stereocenters. The van der Waals surface area contributed by atoms with Gasteiger partial charge in [-0.05, 0) is 49.5 Å². The molecule has 0 aliphatic rings. The van der Waals surface area contributed by atoms with E-state index in [1.165, 1.54) is 17.7 Å². The number of nitrogens with one attached hydrogen (secondary N) is 1. The average molecular weight is 500 g/mol. The number of halogens is 2. The number of benzene rings is 2. The van der Waals surface area contributed by atoms with Gasteiger partial charge in [-0.25, -0.2) is 4.39 Å². The summed E-state index contributed by atoms with van der Waals surface area (Å²) in [7, 11) is 9.52.